The molecule has 0 unspecified atom stereocenters. The second kappa shape index (κ2) is 10.3. The van der Waals surface area contributed by atoms with E-state index in [4.69, 9.17) is 4.74 Å². The summed E-state index contributed by atoms with van der Waals surface area (Å²) in [4.78, 5) is 27.8. The summed E-state index contributed by atoms with van der Waals surface area (Å²) < 4.78 is 31.8. The van der Waals surface area contributed by atoms with E-state index in [-0.39, 0.29) is 18.0 Å². The topological polar surface area (TPSA) is 118 Å². The molecule has 2 N–H and O–H groups in total. The summed E-state index contributed by atoms with van der Waals surface area (Å²) in [5.41, 5.74) is 1.70. The number of nitrogens with zero attached hydrogens (tertiary/aromatic N) is 2. The Hall–Kier alpha value is -2.82. The summed E-state index contributed by atoms with van der Waals surface area (Å²) in [6, 6.07) is 10.0. The third-order valence-electron chi connectivity index (χ3n) is 4.64. The molecule has 1 aliphatic rings. The van der Waals surface area contributed by atoms with Crippen molar-refractivity contribution in [2.24, 2.45) is 0 Å². The molecule has 0 bridgehead atoms. The van der Waals surface area contributed by atoms with Gasteiger partial charge in [-0.25, -0.2) is 8.42 Å². The Balaban J connectivity index is 1.44. The molecular weight excluding hydrogens is 408 g/mol. The molecule has 0 spiro atoms. The van der Waals surface area contributed by atoms with Gasteiger partial charge in [-0.2, -0.15) is 4.31 Å². The van der Waals surface area contributed by atoms with Gasteiger partial charge in [0.2, 0.25) is 10.0 Å². The van der Waals surface area contributed by atoms with Crippen molar-refractivity contribution in [2.75, 3.05) is 32.8 Å². The Bertz CT molecular complexity index is 958. The van der Waals surface area contributed by atoms with Gasteiger partial charge in [0.1, 0.15) is 0 Å². The van der Waals surface area contributed by atoms with Crippen molar-refractivity contribution in [3.63, 3.8) is 0 Å². The largest absolute Gasteiger partial charge is 0.379 e. The molecule has 30 heavy (non-hydrogen) atoms. The number of ether oxygens (including phenoxy) is 1. The van der Waals surface area contributed by atoms with Crippen LogP contribution in [0.4, 0.5) is 0 Å². The fourth-order valence-corrected chi connectivity index (χ4v) is 4.34. The predicted octanol–water partition coefficient (Wildman–Crippen LogP) is 0.0776. The standard InChI is InChI=1S/C20H24N4O5S/c25-19(20(26)23-15-17-5-8-21-9-6-17)22-10-7-16-1-3-18(4-2-16)30(27,28)24-11-13-29-14-12-24/h1-6,8-9H,7,10-15H2,(H,22,25)(H,23,26). The molecule has 2 aromatic rings. The molecule has 0 aliphatic carbocycles. The smallest absolute Gasteiger partial charge is 0.309 e. The van der Waals surface area contributed by atoms with Crippen LogP contribution in [0.3, 0.4) is 0 Å². The van der Waals surface area contributed by atoms with Gasteiger partial charge in [-0.1, -0.05) is 12.1 Å². The minimum absolute atomic E-state index is 0.229. The van der Waals surface area contributed by atoms with Crippen molar-refractivity contribution in [3.8, 4) is 0 Å². The van der Waals surface area contributed by atoms with Gasteiger partial charge in [0, 0.05) is 38.6 Å². The first-order valence-corrected chi connectivity index (χ1v) is 11.0. The Kier molecular flexibility index (Phi) is 7.50. The molecule has 0 atom stereocenters. The zero-order chi connectivity index (χ0) is 21.4. The molecule has 1 aromatic carbocycles. The number of pyridine rings is 1. The highest BCUT2D eigenvalue weighted by molar-refractivity contribution is 7.89. The first kappa shape index (κ1) is 21.9. The van der Waals surface area contributed by atoms with Crippen molar-refractivity contribution < 1.29 is 22.7 Å². The van der Waals surface area contributed by atoms with Crippen LogP contribution in [0.1, 0.15) is 11.1 Å². The molecule has 1 aliphatic heterocycles. The Morgan fingerprint density at radius 2 is 1.57 bits per heavy atom. The lowest BCUT2D eigenvalue weighted by Gasteiger charge is -2.26. The number of carbonyl (C=O) groups is 2. The molecular formula is C20H24N4O5S. The third kappa shape index (κ3) is 5.85. The van der Waals surface area contributed by atoms with E-state index in [9.17, 15) is 18.0 Å². The van der Waals surface area contributed by atoms with E-state index in [1.54, 1.807) is 48.8 Å². The molecule has 1 saturated heterocycles. The SMILES string of the molecule is O=C(NCCc1ccc(S(=O)(=O)N2CCOCC2)cc1)C(=O)NCc1ccncc1. The van der Waals surface area contributed by atoms with E-state index in [2.05, 4.69) is 15.6 Å². The van der Waals surface area contributed by atoms with Gasteiger partial charge >= 0.3 is 11.8 Å². The zero-order valence-corrected chi connectivity index (χ0v) is 17.2. The maximum atomic E-state index is 12.6. The number of hydrogen-bond donors (Lipinski definition) is 2. The molecule has 0 saturated carbocycles. The van der Waals surface area contributed by atoms with Gasteiger partial charge in [0.15, 0.2) is 0 Å². The molecule has 1 aromatic heterocycles. The van der Waals surface area contributed by atoms with Crippen LogP contribution < -0.4 is 10.6 Å². The maximum absolute atomic E-state index is 12.6. The van der Waals surface area contributed by atoms with Crippen molar-refractivity contribution in [3.05, 3.63) is 59.9 Å². The number of carbonyl (C=O) groups excluding carboxylic acids is 2. The quantitative estimate of drug-likeness (QED) is 0.599. The number of aromatic nitrogens is 1. The fourth-order valence-electron chi connectivity index (χ4n) is 2.93. The minimum atomic E-state index is -3.53. The Labute approximate surface area is 175 Å². The number of rotatable bonds is 7. The Morgan fingerprint density at radius 1 is 0.933 bits per heavy atom. The number of morpholine rings is 1. The lowest BCUT2D eigenvalue weighted by Crippen LogP contribution is -2.40. The molecule has 1 fully saturated rings. The van der Waals surface area contributed by atoms with Crippen LogP contribution >= 0.6 is 0 Å². The summed E-state index contributed by atoms with van der Waals surface area (Å²) in [5.74, 6) is -1.42. The molecule has 2 heterocycles. The van der Waals surface area contributed by atoms with Crippen molar-refractivity contribution >= 4 is 21.8 Å². The zero-order valence-electron chi connectivity index (χ0n) is 16.4. The maximum Gasteiger partial charge on any atom is 0.309 e. The van der Waals surface area contributed by atoms with Gasteiger partial charge in [-0.05, 0) is 41.8 Å². The van der Waals surface area contributed by atoms with E-state index in [0.29, 0.717) is 32.7 Å². The molecule has 10 heteroatoms. The molecule has 3 rings (SSSR count). The second-order valence-electron chi connectivity index (χ2n) is 6.70. The minimum Gasteiger partial charge on any atom is -0.379 e. The second-order valence-corrected chi connectivity index (χ2v) is 8.64. The number of amides is 2. The molecule has 0 radical (unpaired) electrons. The number of nitrogens with one attached hydrogen (secondary N) is 2. The van der Waals surface area contributed by atoms with Crippen molar-refractivity contribution in [1.29, 1.82) is 0 Å². The van der Waals surface area contributed by atoms with Crippen LogP contribution in [-0.4, -0.2) is 62.4 Å². The normalized spacial score (nSPS) is 14.8. The fraction of sp³-hybridized carbons (Fsp3) is 0.350. The average Bonchev–Trinajstić information content (AvgIpc) is 2.79. The van der Waals surface area contributed by atoms with E-state index in [1.807, 2.05) is 0 Å². The predicted molar refractivity (Wildman–Crippen MR) is 109 cm³/mol. The molecule has 160 valence electrons. The van der Waals surface area contributed by atoms with E-state index in [1.165, 1.54) is 4.31 Å². The van der Waals surface area contributed by atoms with Gasteiger partial charge in [-0.15, -0.1) is 0 Å². The van der Waals surface area contributed by atoms with E-state index in [0.717, 1.165) is 11.1 Å². The molecule has 9 nitrogen and oxygen atoms in total. The van der Waals surface area contributed by atoms with Gasteiger partial charge < -0.3 is 15.4 Å². The third-order valence-corrected chi connectivity index (χ3v) is 6.55. The summed E-state index contributed by atoms with van der Waals surface area (Å²) in [6.07, 6.45) is 3.69. The first-order valence-electron chi connectivity index (χ1n) is 9.58. The van der Waals surface area contributed by atoms with Gasteiger partial charge in [0.25, 0.3) is 0 Å². The lowest BCUT2D eigenvalue weighted by atomic mass is 10.1. The Morgan fingerprint density at radius 3 is 2.23 bits per heavy atom. The molecule has 2 amide bonds. The summed E-state index contributed by atoms with van der Waals surface area (Å²) in [6.45, 7) is 1.99. The van der Waals surface area contributed by atoms with Crippen LogP contribution in [-0.2, 0) is 37.3 Å². The average molecular weight is 433 g/mol. The van der Waals surface area contributed by atoms with Gasteiger partial charge in [-0.3, -0.25) is 14.6 Å². The van der Waals surface area contributed by atoms with Crippen LogP contribution in [0.5, 0.6) is 0 Å². The lowest BCUT2D eigenvalue weighted by molar-refractivity contribution is -0.139. The van der Waals surface area contributed by atoms with E-state index < -0.39 is 21.8 Å². The van der Waals surface area contributed by atoms with Crippen molar-refractivity contribution in [1.82, 2.24) is 19.9 Å². The number of hydrogen-bond acceptors (Lipinski definition) is 6. The summed E-state index contributed by atoms with van der Waals surface area (Å²) in [5, 5.41) is 5.10. The summed E-state index contributed by atoms with van der Waals surface area (Å²) >= 11 is 0. The highest BCUT2D eigenvalue weighted by Gasteiger charge is 2.26. The van der Waals surface area contributed by atoms with Crippen LogP contribution in [0, 0.1) is 0 Å². The van der Waals surface area contributed by atoms with Crippen LogP contribution in [0.2, 0.25) is 0 Å². The van der Waals surface area contributed by atoms with Crippen molar-refractivity contribution in [2.45, 2.75) is 17.9 Å². The summed E-state index contributed by atoms with van der Waals surface area (Å²) in [7, 11) is -3.53. The number of sulfonamides is 1. The number of benzene rings is 1. The first-order chi connectivity index (χ1) is 14.5. The van der Waals surface area contributed by atoms with Crippen LogP contribution in [0.15, 0.2) is 53.7 Å². The highest BCUT2D eigenvalue weighted by Crippen LogP contribution is 2.17. The monoisotopic (exact) mass is 432 g/mol. The van der Waals surface area contributed by atoms with E-state index >= 15 is 0 Å². The van der Waals surface area contributed by atoms with Crippen LogP contribution in [0.25, 0.3) is 0 Å². The highest BCUT2D eigenvalue weighted by atomic mass is 32.2. The van der Waals surface area contributed by atoms with Gasteiger partial charge in [0.05, 0.1) is 18.1 Å².